The molecule has 10 rings (SSSR count). The Labute approximate surface area is 327 Å². The zero-order valence-electron chi connectivity index (χ0n) is 32.7. The van der Waals surface area contributed by atoms with Crippen LogP contribution in [0.25, 0.3) is 44.6 Å². The summed E-state index contributed by atoms with van der Waals surface area (Å²) in [6, 6.07) is 17.7. The van der Waals surface area contributed by atoms with Crippen molar-refractivity contribution in [3.63, 3.8) is 0 Å². The molecule has 0 saturated heterocycles. The number of aromatic hydroxyl groups is 1. The third-order valence-electron chi connectivity index (χ3n) is 9.74. The minimum atomic E-state index is -1.45. The average Bonchev–Trinajstić information content (AvgIpc) is 3.79. The Kier molecular flexibility index (Phi) is 11.6. The minimum Gasteiger partial charge on any atom is -0.508 e. The van der Waals surface area contributed by atoms with E-state index >= 15 is 0 Å². The molecule has 2 atom stereocenters. The number of methoxy groups -OCH3 is 1. The Morgan fingerprint density at radius 2 is 1.07 bits per heavy atom. The number of esters is 2. The second-order valence-electron chi connectivity index (χ2n) is 12.7. The van der Waals surface area contributed by atoms with Gasteiger partial charge in [-0.2, -0.15) is 0 Å². The van der Waals surface area contributed by atoms with Gasteiger partial charge in [0.25, 0.3) is 11.1 Å². The lowest BCUT2D eigenvalue weighted by atomic mass is 10.0. The number of benzene rings is 2. The number of fused-ring (bicyclic) bond motifs is 10. The first-order valence-corrected chi connectivity index (χ1v) is 18.9. The summed E-state index contributed by atoms with van der Waals surface area (Å²) in [7, 11) is 1.61. The number of hydrogen-bond acceptors (Lipinski definition) is 12. The molecule has 0 amide bonds. The van der Waals surface area contributed by atoms with Gasteiger partial charge < -0.3 is 38.7 Å². The van der Waals surface area contributed by atoms with Crippen LogP contribution in [-0.2, 0) is 45.4 Å². The summed E-state index contributed by atoms with van der Waals surface area (Å²) in [6.07, 6.45) is -2.89. The quantitative estimate of drug-likeness (QED) is 0.170. The first-order valence-electron chi connectivity index (χ1n) is 18.9. The van der Waals surface area contributed by atoms with Crippen molar-refractivity contribution >= 4 is 33.7 Å². The number of ether oxygens (including phenoxy) is 3. The standard InChI is InChI=1S/C19H14N2O5.C18H12N2O5.3C2H6/c1-25-11-2-3-14-9(5-11)4-10-7-21-15(16(10)20-14)6-12-13(18(21)23)8-26-19(24)17(12)22;21-10-1-2-13-8(4-10)3-9-6-20-14(15(9)19-13)5-11-12(17(20)23)7-25-18(24)16(11)22;3*1-2/h2-6,17,22H,7-8H2,1H3;1-5,16,21-22H,6-7H2;3*1-2H3. The van der Waals surface area contributed by atoms with Crippen molar-refractivity contribution in [2.45, 2.75) is 80.1 Å². The fraction of sp³-hybridized carbons (Fsp3) is 0.302. The number of aliphatic hydroxyl groups excluding tert-OH is 2. The summed E-state index contributed by atoms with van der Waals surface area (Å²) in [5.41, 5.74) is 6.40. The van der Waals surface area contributed by atoms with Gasteiger partial charge in [0.1, 0.15) is 24.7 Å². The highest BCUT2D eigenvalue weighted by Gasteiger charge is 2.35. The van der Waals surface area contributed by atoms with Gasteiger partial charge in [-0.05, 0) is 60.7 Å². The van der Waals surface area contributed by atoms with E-state index in [0.717, 1.165) is 33.2 Å². The third-order valence-corrected chi connectivity index (χ3v) is 9.74. The van der Waals surface area contributed by atoms with Crippen molar-refractivity contribution in [3.8, 4) is 34.3 Å². The molecule has 57 heavy (non-hydrogen) atoms. The molecule has 0 fully saturated rings. The van der Waals surface area contributed by atoms with Crippen LogP contribution in [0.2, 0.25) is 0 Å². The third kappa shape index (κ3) is 6.91. The number of phenols is 1. The van der Waals surface area contributed by atoms with E-state index in [1.807, 2.05) is 71.9 Å². The number of pyridine rings is 4. The normalized spacial score (nSPS) is 16.1. The van der Waals surface area contributed by atoms with Crippen LogP contribution in [0.4, 0.5) is 0 Å². The summed E-state index contributed by atoms with van der Waals surface area (Å²) < 4.78 is 18.2. The van der Waals surface area contributed by atoms with E-state index in [-0.39, 0.29) is 35.6 Å². The van der Waals surface area contributed by atoms with Crippen LogP contribution in [-0.4, -0.2) is 53.5 Å². The fourth-order valence-corrected chi connectivity index (χ4v) is 7.16. The fourth-order valence-electron chi connectivity index (χ4n) is 7.16. The van der Waals surface area contributed by atoms with Crippen LogP contribution in [0.1, 0.15) is 87.1 Å². The maximum absolute atomic E-state index is 12.8. The second-order valence-corrected chi connectivity index (χ2v) is 12.7. The number of phenolic OH excluding ortho intramolecular Hbond substituents is 1. The highest BCUT2D eigenvalue weighted by Crippen LogP contribution is 2.37. The van der Waals surface area contributed by atoms with Crippen molar-refractivity contribution in [3.05, 3.63) is 115 Å². The van der Waals surface area contributed by atoms with E-state index in [9.17, 15) is 34.5 Å². The molecule has 8 heterocycles. The lowest BCUT2D eigenvalue weighted by molar-refractivity contribution is -0.158. The number of carbonyl (C=O) groups excluding carboxylic acids is 2. The summed E-state index contributed by atoms with van der Waals surface area (Å²) in [4.78, 5) is 58.1. The molecule has 4 aliphatic rings. The Morgan fingerprint density at radius 3 is 1.53 bits per heavy atom. The number of nitrogens with zero attached hydrogens (tertiary/aromatic N) is 4. The molecule has 0 bridgehead atoms. The van der Waals surface area contributed by atoms with Gasteiger partial charge in [-0.3, -0.25) is 9.59 Å². The van der Waals surface area contributed by atoms with E-state index in [1.54, 1.807) is 46.6 Å². The number of cyclic esters (lactones) is 2. The Morgan fingerprint density at radius 1 is 0.632 bits per heavy atom. The van der Waals surface area contributed by atoms with Gasteiger partial charge >= 0.3 is 11.9 Å². The van der Waals surface area contributed by atoms with E-state index in [1.165, 1.54) is 0 Å². The van der Waals surface area contributed by atoms with Crippen molar-refractivity contribution in [2.24, 2.45) is 0 Å². The maximum Gasteiger partial charge on any atom is 0.340 e. The summed E-state index contributed by atoms with van der Waals surface area (Å²) in [5, 5.41) is 31.5. The van der Waals surface area contributed by atoms with Crippen molar-refractivity contribution in [1.82, 2.24) is 19.1 Å². The zero-order chi connectivity index (χ0) is 41.3. The molecule has 0 spiro atoms. The lowest BCUT2D eigenvalue weighted by Gasteiger charge is -2.21. The van der Waals surface area contributed by atoms with Crippen molar-refractivity contribution in [2.75, 3.05) is 7.11 Å². The largest absolute Gasteiger partial charge is 0.508 e. The summed E-state index contributed by atoms with van der Waals surface area (Å²) in [5.74, 6) is -0.604. The van der Waals surface area contributed by atoms with Gasteiger partial charge in [0.05, 0.1) is 65.1 Å². The van der Waals surface area contributed by atoms with Crippen LogP contribution in [0, 0.1) is 0 Å². The molecule has 14 heteroatoms. The highest BCUT2D eigenvalue weighted by molar-refractivity contribution is 5.87. The van der Waals surface area contributed by atoms with Gasteiger partial charge in [0.2, 0.25) is 0 Å². The van der Waals surface area contributed by atoms with Crippen LogP contribution >= 0.6 is 0 Å². The molecular formula is C43H44N4O10. The SMILES string of the molecule is CC.CC.CC.COc1ccc2nc3c(cc2c1)Cn1c-3cc2c(c1=O)COC(=O)C2O.O=C1OCc2c(cc3n(c2=O)Cc2cc4cc(O)ccc4nc2-3)C1O. The molecule has 0 radical (unpaired) electrons. The van der Waals surface area contributed by atoms with Gasteiger partial charge in [0, 0.05) is 33.0 Å². The predicted molar refractivity (Wildman–Crippen MR) is 213 cm³/mol. The number of hydrogen-bond donors (Lipinski definition) is 3. The Bertz CT molecular complexity index is 2680. The van der Waals surface area contributed by atoms with Crippen molar-refractivity contribution in [1.29, 1.82) is 0 Å². The van der Waals surface area contributed by atoms with Gasteiger partial charge in [0.15, 0.2) is 12.2 Å². The minimum absolute atomic E-state index is 0.118. The van der Waals surface area contributed by atoms with Crippen LogP contribution < -0.4 is 15.9 Å². The zero-order valence-corrected chi connectivity index (χ0v) is 32.7. The molecular weight excluding hydrogens is 732 g/mol. The number of carbonyl (C=O) groups is 2. The summed E-state index contributed by atoms with van der Waals surface area (Å²) >= 11 is 0. The molecule has 6 aromatic rings. The first kappa shape index (κ1) is 40.3. The molecule has 3 N–H and O–H groups in total. The summed E-state index contributed by atoms with van der Waals surface area (Å²) in [6.45, 7) is 12.5. The molecule has 14 nitrogen and oxygen atoms in total. The van der Waals surface area contributed by atoms with Crippen molar-refractivity contribution < 1.29 is 39.1 Å². The van der Waals surface area contributed by atoms with Gasteiger partial charge in [-0.15, -0.1) is 0 Å². The highest BCUT2D eigenvalue weighted by atomic mass is 16.6. The molecule has 0 saturated carbocycles. The predicted octanol–water partition coefficient (Wildman–Crippen LogP) is 5.82. The van der Waals surface area contributed by atoms with Gasteiger partial charge in [-0.1, -0.05) is 41.5 Å². The molecule has 0 aliphatic carbocycles. The van der Waals surface area contributed by atoms with E-state index < -0.39 is 24.1 Å². The number of aliphatic hydroxyl groups is 2. The van der Waals surface area contributed by atoms with E-state index in [0.29, 0.717) is 58.1 Å². The van der Waals surface area contributed by atoms with E-state index in [4.69, 9.17) is 19.2 Å². The molecule has 4 aromatic heterocycles. The monoisotopic (exact) mass is 776 g/mol. The van der Waals surface area contributed by atoms with E-state index in [2.05, 4.69) is 4.98 Å². The maximum atomic E-state index is 12.8. The van der Waals surface area contributed by atoms with Crippen LogP contribution in [0.3, 0.4) is 0 Å². The molecule has 296 valence electrons. The molecule has 2 unspecified atom stereocenters. The molecule has 4 aliphatic heterocycles. The lowest BCUT2D eigenvalue weighted by Crippen LogP contribution is -2.32. The topological polar surface area (TPSA) is 192 Å². The smallest absolute Gasteiger partial charge is 0.340 e. The second kappa shape index (κ2) is 16.4. The Hall–Kier alpha value is -6.38. The first-order chi connectivity index (χ1) is 27.6. The van der Waals surface area contributed by atoms with Gasteiger partial charge in [-0.25, -0.2) is 19.6 Å². The Balaban J connectivity index is 0.000000171. The molecule has 2 aromatic carbocycles. The number of rotatable bonds is 1. The number of aromatic nitrogens is 4. The van der Waals surface area contributed by atoms with Crippen LogP contribution in [0.5, 0.6) is 11.5 Å². The van der Waals surface area contributed by atoms with Crippen LogP contribution in [0.15, 0.2) is 70.3 Å². The average molecular weight is 777 g/mol.